The number of nitrogens with one attached hydrogen (secondary N) is 1. The van der Waals surface area contributed by atoms with E-state index < -0.39 is 0 Å². The third kappa shape index (κ3) is 3.27. The lowest BCUT2D eigenvalue weighted by atomic mass is 9.94. The smallest absolute Gasteiger partial charge is 0.254 e. The molecule has 1 aromatic rings. The van der Waals surface area contributed by atoms with Crippen molar-refractivity contribution in [3.8, 4) is 0 Å². The number of halogens is 1. The van der Waals surface area contributed by atoms with Crippen LogP contribution in [0.4, 0.5) is 0 Å². The minimum absolute atomic E-state index is 0.0163. The van der Waals surface area contributed by atoms with Crippen LogP contribution in [0.3, 0.4) is 0 Å². The second-order valence-corrected chi connectivity index (χ2v) is 6.72. The summed E-state index contributed by atoms with van der Waals surface area (Å²) in [6, 6.07) is 7.22. The van der Waals surface area contributed by atoms with Gasteiger partial charge < -0.3 is 19.9 Å². The number of benzene rings is 1. The largest absolute Gasteiger partial charge is 0.378 e. The fraction of sp³-hybridized carbons (Fsp3) is 0.412. The van der Waals surface area contributed by atoms with E-state index in [1.807, 2.05) is 48.0 Å². The van der Waals surface area contributed by atoms with Gasteiger partial charge in [0, 0.05) is 30.9 Å². The van der Waals surface area contributed by atoms with Gasteiger partial charge in [0.2, 0.25) is 0 Å². The average molecular weight is 366 g/mol. The molecule has 0 spiro atoms. The molecule has 1 amide bonds. The molecule has 5 nitrogen and oxygen atoms in total. The molecule has 0 saturated carbocycles. The van der Waals surface area contributed by atoms with Crippen molar-refractivity contribution in [1.29, 1.82) is 0 Å². The molecule has 1 atom stereocenters. The van der Waals surface area contributed by atoms with Crippen molar-refractivity contribution in [3.05, 3.63) is 46.1 Å². The first-order valence-corrected chi connectivity index (χ1v) is 8.65. The lowest BCUT2D eigenvalue weighted by Crippen LogP contribution is -2.50. The number of hydrogen-bond acceptors (Lipinski definition) is 3. The van der Waals surface area contributed by atoms with Crippen LogP contribution < -0.4 is 5.32 Å². The van der Waals surface area contributed by atoms with Gasteiger partial charge in [-0.3, -0.25) is 4.79 Å². The number of nitrogens with zero attached hydrogens (tertiary/aromatic N) is 2. The molecular weight excluding hydrogens is 346 g/mol. The Morgan fingerprint density at radius 2 is 2.08 bits per heavy atom. The SMILES string of the molecule is CC1=C(C(=O)N2CCOCC2)[C@@H](c2cccc(Cl)c2)NC(=S)N1C. The van der Waals surface area contributed by atoms with Crippen molar-refractivity contribution < 1.29 is 9.53 Å². The standard InChI is InChI=1S/C17H20ClN3O2S/c1-11-14(16(22)21-6-8-23-9-7-21)15(19-17(24)20(11)2)12-4-3-5-13(18)10-12/h3-5,10,15H,6-9H2,1-2H3,(H,19,24)/t15-/m1/s1. The maximum atomic E-state index is 13.2. The van der Waals surface area contributed by atoms with Gasteiger partial charge in [0.25, 0.3) is 5.91 Å². The highest BCUT2D eigenvalue weighted by molar-refractivity contribution is 7.80. The van der Waals surface area contributed by atoms with Crippen molar-refractivity contribution in [2.75, 3.05) is 33.4 Å². The zero-order valence-corrected chi connectivity index (χ0v) is 15.3. The summed E-state index contributed by atoms with van der Waals surface area (Å²) in [5.74, 6) is 0.0163. The summed E-state index contributed by atoms with van der Waals surface area (Å²) in [5, 5.41) is 4.50. The van der Waals surface area contributed by atoms with E-state index in [4.69, 9.17) is 28.6 Å². The zero-order valence-electron chi connectivity index (χ0n) is 13.7. The topological polar surface area (TPSA) is 44.8 Å². The maximum absolute atomic E-state index is 13.2. The zero-order chi connectivity index (χ0) is 17.3. The number of carbonyl (C=O) groups is 1. The molecule has 0 aliphatic carbocycles. The normalized spacial score (nSPS) is 21.8. The summed E-state index contributed by atoms with van der Waals surface area (Å²) >= 11 is 11.6. The first-order valence-electron chi connectivity index (χ1n) is 7.86. The molecule has 0 radical (unpaired) electrons. The molecule has 24 heavy (non-hydrogen) atoms. The van der Waals surface area contributed by atoms with E-state index >= 15 is 0 Å². The van der Waals surface area contributed by atoms with Crippen LogP contribution in [0.2, 0.25) is 5.02 Å². The Balaban J connectivity index is 2.02. The molecule has 7 heteroatoms. The van der Waals surface area contributed by atoms with Gasteiger partial charge in [-0.05, 0) is 36.8 Å². The Morgan fingerprint density at radius 1 is 1.38 bits per heavy atom. The summed E-state index contributed by atoms with van der Waals surface area (Å²) < 4.78 is 5.36. The molecule has 3 rings (SSSR count). The summed E-state index contributed by atoms with van der Waals surface area (Å²) in [6.07, 6.45) is 0. The molecule has 0 aromatic heterocycles. The Morgan fingerprint density at radius 3 is 2.75 bits per heavy atom. The molecule has 2 heterocycles. The average Bonchev–Trinajstić information content (AvgIpc) is 2.59. The van der Waals surface area contributed by atoms with Crippen LogP contribution >= 0.6 is 23.8 Å². The highest BCUT2D eigenvalue weighted by Gasteiger charge is 2.35. The summed E-state index contributed by atoms with van der Waals surface area (Å²) in [5.41, 5.74) is 2.49. The van der Waals surface area contributed by atoms with E-state index in [0.717, 1.165) is 11.3 Å². The Labute approximate surface area is 152 Å². The van der Waals surface area contributed by atoms with Crippen LogP contribution in [0.5, 0.6) is 0 Å². The van der Waals surface area contributed by atoms with Crippen LogP contribution in [-0.2, 0) is 9.53 Å². The Kier molecular flexibility index (Phi) is 5.08. The Hall–Kier alpha value is -1.63. The van der Waals surface area contributed by atoms with E-state index in [-0.39, 0.29) is 11.9 Å². The third-order valence-corrected chi connectivity index (χ3v) is 5.09. The van der Waals surface area contributed by atoms with Crippen LogP contribution in [0, 0.1) is 0 Å². The fourth-order valence-corrected chi connectivity index (χ4v) is 3.44. The molecule has 2 aliphatic heterocycles. The van der Waals surface area contributed by atoms with Crippen molar-refractivity contribution in [1.82, 2.24) is 15.1 Å². The maximum Gasteiger partial charge on any atom is 0.254 e. The number of morpholine rings is 1. The van der Waals surface area contributed by atoms with E-state index in [1.165, 1.54) is 0 Å². The minimum atomic E-state index is -0.303. The highest BCUT2D eigenvalue weighted by atomic mass is 35.5. The van der Waals surface area contributed by atoms with E-state index in [1.54, 1.807) is 0 Å². The van der Waals surface area contributed by atoms with Gasteiger partial charge >= 0.3 is 0 Å². The molecule has 1 saturated heterocycles. The van der Waals surface area contributed by atoms with Crippen LogP contribution in [0.25, 0.3) is 0 Å². The monoisotopic (exact) mass is 365 g/mol. The second-order valence-electron chi connectivity index (χ2n) is 5.90. The third-order valence-electron chi connectivity index (χ3n) is 4.46. The Bertz CT molecular complexity index is 701. The predicted octanol–water partition coefficient (Wildman–Crippen LogP) is 2.33. The number of allylic oxidation sites excluding steroid dienone is 1. The van der Waals surface area contributed by atoms with E-state index in [9.17, 15) is 4.79 Å². The second kappa shape index (κ2) is 7.09. The molecule has 1 fully saturated rings. The lowest BCUT2D eigenvalue weighted by molar-refractivity contribution is -0.131. The lowest BCUT2D eigenvalue weighted by Gasteiger charge is -2.38. The number of rotatable bonds is 2. The fourth-order valence-electron chi connectivity index (χ4n) is 2.99. The number of amides is 1. The van der Waals surface area contributed by atoms with Gasteiger partial charge in [0.05, 0.1) is 24.8 Å². The van der Waals surface area contributed by atoms with Gasteiger partial charge in [0.1, 0.15) is 0 Å². The quantitative estimate of drug-likeness (QED) is 0.815. The molecule has 0 bridgehead atoms. The van der Waals surface area contributed by atoms with Crippen molar-refractivity contribution >= 4 is 34.8 Å². The van der Waals surface area contributed by atoms with Gasteiger partial charge in [0.15, 0.2) is 5.11 Å². The first kappa shape index (κ1) is 17.2. The molecule has 128 valence electrons. The van der Waals surface area contributed by atoms with Crippen molar-refractivity contribution in [3.63, 3.8) is 0 Å². The van der Waals surface area contributed by atoms with E-state index in [0.29, 0.717) is 42.0 Å². The van der Waals surface area contributed by atoms with Crippen LogP contribution in [0.1, 0.15) is 18.5 Å². The molecular formula is C17H20ClN3O2S. The molecule has 2 aliphatic rings. The van der Waals surface area contributed by atoms with Crippen molar-refractivity contribution in [2.45, 2.75) is 13.0 Å². The van der Waals surface area contributed by atoms with E-state index in [2.05, 4.69) is 5.32 Å². The van der Waals surface area contributed by atoms with Gasteiger partial charge in [-0.1, -0.05) is 23.7 Å². The first-order chi connectivity index (χ1) is 11.5. The number of thiocarbonyl (C=S) groups is 1. The van der Waals surface area contributed by atoms with Crippen LogP contribution in [-0.4, -0.2) is 54.2 Å². The number of ether oxygens (including phenoxy) is 1. The predicted molar refractivity (Wildman–Crippen MR) is 97.8 cm³/mol. The van der Waals surface area contributed by atoms with Crippen LogP contribution in [0.15, 0.2) is 35.5 Å². The molecule has 1 aromatic carbocycles. The summed E-state index contributed by atoms with van der Waals surface area (Å²) in [7, 11) is 1.87. The van der Waals surface area contributed by atoms with Gasteiger partial charge in [-0.25, -0.2) is 0 Å². The minimum Gasteiger partial charge on any atom is -0.378 e. The highest BCUT2D eigenvalue weighted by Crippen LogP contribution is 2.32. The molecule has 0 unspecified atom stereocenters. The number of hydrogen-bond donors (Lipinski definition) is 1. The van der Waals surface area contributed by atoms with Crippen molar-refractivity contribution in [2.24, 2.45) is 0 Å². The van der Waals surface area contributed by atoms with Gasteiger partial charge in [-0.15, -0.1) is 0 Å². The van der Waals surface area contributed by atoms with Gasteiger partial charge in [-0.2, -0.15) is 0 Å². The number of carbonyl (C=O) groups excluding carboxylic acids is 1. The summed E-state index contributed by atoms with van der Waals surface area (Å²) in [6.45, 7) is 4.28. The molecule has 1 N–H and O–H groups in total. The summed E-state index contributed by atoms with van der Waals surface area (Å²) in [4.78, 5) is 16.8.